The first-order chi connectivity index (χ1) is 14.9. The lowest BCUT2D eigenvalue weighted by atomic mass is 10.1. The monoisotopic (exact) mass is 551 g/mol. The number of hydrogen-bond acceptors (Lipinski definition) is 6. The average molecular weight is 551 g/mol. The van der Waals surface area contributed by atoms with Gasteiger partial charge in [-0.3, -0.25) is 19.3 Å². The number of ether oxygens (including phenoxy) is 2. The maximum Gasteiger partial charge on any atom is 0.293 e. The summed E-state index contributed by atoms with van der Waals surface area (Å²) in [5, 5.41) is -0.455. The molecular weight excluding hydrogens is 529 g/mol. The number of carbonyl (C=O) groups is 3. The van der Waals surface area contributed by atoms with Gasteiger partial charge in [-0.1, -0.05) is 37.3 Å². The highest BCUT2D eigenvalue weighted by atomic mass is 127. The summed E-state index contributed by atoms with van der Waals surface area (Å²) in [6.45, 7) is 4.68. The Hall–Kier alpha value is -2.33. The minimum Gasteiger partial charge on any atom is -0.490 e. The van der Waals surface area contributed by atoms with E-state index in [1.165, 1.54) is 0 Å². The Balaban J connectivity index is 1.82. The first kappa shape index (κ1) is 23.3. The minimum absolute atomic E-state index is 0.270. The van der Waals surface area contributed by atoms with Gasteiger partial charge < -0.3 is 9.47 Å². The van der Waals surface area contributed by atoms with E-state index in [1.807, 2.05) is 19.9 Å². The number of thioether (sulfide) groups is 1. The van der Waals surface area contributed by atoms with Gasteiger partial charge in [0.25, 0.3) is 11.1 Å². The molecule has 6 nitrogen and oxygen atoms in total. The number of nitrogens with zero attached hydrogens (tertiary/aromatic N) is 1. The molecule has 2 aromatic rings. The molecule has 162 valence electrons. The molecular formula is C23H22INO5S. The van der Waals surface area contributed by atoms with Gasteiger partial charge in [-0.15, -0.1) is 0 Å². The number of halogens is 1. The molecule has 0 atom stereocenters. The quantitative estimate of drug-likeness (QED) is 0.236. The van der Waals surface area contributed by atoms with Crippen LogP contribution in [0.25, 0.3) is 6.08 Å². The molecule has 8 heteroatoms. The summed E-state index contributed by atoms with van der Waals surface area (Å²) >= 11 is 2.99. The molecule has 1 fully saturated rings. The van der Waals surface area contributed by atoms with E-state index < -0.39 is 11.1 Å². The van der Waals surface area contributed by atoms with Crippen LogP contribution in [-0.4, -0.2) is 41.6 Å². The fourth-order valence-electron chi connectivity index (χ4n) is 2.93. The predicted molar refractivity (Wildman–Crippen MR) is 130 cm³/mol. The average Bonchev–Trinajstić information content (AvgIpc) is 3.01. The fourth-order valence-corrected chi connectivity index (χ4v) is 4.54. The number of hydrogen-bond donors (Lipinski definition) is 0. The van der Waals surface area contributed by atoms with Crippen LogP contribution in [0.15, 0.2) is 47.4 Å². The molecule has 1 aliphatic rings. The Labute approximate surface area is 199 Å². The smallest absolute Gasteiger partial charge is 0.293 e. The van der Waals surface area contributed by atoms with E-state index in [-0.39, 0.29) is 17.2 Å². The third-order valence-electron chi connectivity index (χ3n) is 4.35. The summed E-state index contributed by atoms with van der Waals surface area (Å²) in [6.07, 6.45) is 2.52. The van der Waals surface area contributed by atoms with Crippen molar-refractivity contribution in [2.75, 3.05) is 19.8 Å². The molecule has 2 aromatic carbocycles. The Bertz CT molecular complexity index is 1020. The Morgan fingerprint density at radius 1 is 1.13 bits per heavy atom. The van der Waals surface area contributed by atoms with Crippen LogP contribution in [0.4, 0.5) is 4.79 Å². The third kappa shape index (κ3) is 5.68. The molecule has 0 radical (unpaired) electrons. The van der Waals surface area contributed by atoms with Gasteiger partial charge >= 0.3 is 0 Å². The van der Waals surface area contributed by atoms with Crippen LogP contribution in [0.3, 0.4) is 0 Å². The summed E-state index contributed by atoms with van der Waals surface area (Å²) in [5.74, 6) is 0.504. The topological polar surface area (TPSA) is 72.9 Å². The van der Waals surface area contributed by atoms with Crippen molar-refractivity contribution in [2.45, 2.75) is 20.3 Å². The molecule has 0 saturated carbocycles. The predicted octanol–water partition coefficient (Wildman–Crippen LogP) is 5.40. The summed E-state index contributed by atoms with van der Waals surface area (Å²) in [7, 11) is 0. The Morgan fingerprint density at radius 3 is 2.55 bits per heavy atom. The second-order valence-electron chi connectivity index (χ2n) is 6.67. The number of imide groups is 1. The van der Waals surface area contributed by atoms with Gasteiger partial charge in [0.15, 0.2) is 17.3 Å². The van der Waals surface area contributed by atoms with Crippen LogP contribution in [-0.2, 0) is 4.79 Å². The van der Waals surface area contributed by atoms with Crippen molar-refractivity contribution >= 4 is 57.4 Å². The van der Waals surface area contributed by atoms with Crippen molar-refractivity contribution < 1.29 is 23.9 Å². The Kier molecular flexibility index (Phi) is 8.14. The van der Waals surface area contributed by atoms with Crippen molar-refractivity contribution in [3.8, 4) is 11.5 Å². The third-order valence-corrected chi connectivity index (χ3v) is 6.06. The fraction of sp³-hybridized carbons (Fsp3) is 0.261. The zero-order chi connectivity index (χ0) is 22.4. The number of ketones is 1. The van der Waals surface area contributed by atoms with Crippen molar-refractivity contribution in [1.82, 2.24) is 4.90 Å². The van der Waals surface area contributed by atoms with Gasteiger partial charge in [0.2, 0.25) is 0 Å². The highest BCUT2D eigenvalue weighted by molar-refractivity contribution is 14.1. The number of Topliss-reactive ketones (excluding diaryl/α,β-unsaturated/α-hetero) is 1. The van der Waals surface area contributed by atoms with E-state index >= 15 is 0 Å². The van der Waals surface area contributed by atoms with E-state index in [2.05, 4.69) is 22.6 Å². The van der Waals surface area contributed by atoms with Crippen LogP contribution >= 0.6 is 34.4 Å². The second-order valence-corrected chi connectivity index (χ2v) is 8.82. The van der Waals surface area contributed by atoms with E-state index in [1.54, 1.807) is 42.5 Å². The lowest BCUT2D eigenvalue weighted by Gasteiger charge is -2.14. The van der Waals surface area contributed by atoms with Crippen molar-refractivity contribution in [3.63, 3.8) is 0 Å². The van der Waals surface area contributed by atoms with E-state index in [0.717, 1.165) is 32.2 Å². The molecule has 0 N–H and O–H groups in total. The number of rotatable bonds is 9. The number of carbonyl (C=O) groups excluding carboxylic acids is 3. The van der Waals surface area contributed by atoms with Gasteiger partial charge in [-0.05, 0) is 71.5 Å². The van der Waals surface area contributed by atoms with Gasteiger partial charge in [0.05, 0.1) is 28.2 Å². The van der Waals surface area contributed by atoms with Crippen molar-refractivity contribution in [2.24, 2.45) is 0 Å². The number of benzene rings is 2. The molecule has 0 aromatic heterocycles. The van der Waals surface area contributed by atoms with Crippen LogP contribution in [0.5, 0.6) is 11.5 Å². The molecule has 0 aliphatic carbocycles. The van der Waals surface area contributed by atoms with Gasteiger partial charge in [0.1, 0.15) is 0 Å². The molecule has 0 spiro atoms. The van der Waals surface area contributed by atoms with Crippen molar-refractivity contribution in [1.29, 1.82) is 0 Å². The molecule has 1 heterocycles. The summed E-state index contributed by atoms with van der Waals surface area (Å²) in [6, 6.07) is 12.3. The van der Waals surface area contributed by atoms with E-state index in [9.17, 15) is 14.4 Å². The molecule has 3 rings (SSSR count). The lowest BCUT2D eigenvalue weighted by Crippen LogP contribution is -2.33. The van der Waals surface area contributed by atoms with Crippen molar-refractivity contribution in [3.05, 3.63) is 62.1 Å². The largest absolute Gasteiger partial charge is 0.490 e. The standard InChI is InChI=1S/C23H22INO5S/c1-3-10-30-21-17(24)11-15(12-19(21)29-4-2)13-20-22(27)25(23(28)31-20)14-18(26)16-8-6-5-7-9-16/h5-9,11-13H,3-4,10,14H2,1-2H3/b20-13-. The molecule has 0 unspecified atom stereocenters. The van der Waals surface area contributed by atoms with E-state index in [0.29, 0.717) is 30.3 Å². The van der Waals surface area contributed by atoms with Gasteiger partial charge in [-0.25, -0.2) is 0 Å². The highest BCUT2D eigenvalue weighted by Crippen LogP contribution is 2.37. The van der Waals surface area contributed by atoms with Gasteiger partial charge in [-0.2, -0.15) is 0 Å². The normalized spacial score (nSPS) is 14.9. The highest BCUT2D eigenvalue weighted by Gasteiger charge is 2.36. The lowest BCUT2D eigenvalue weighted by molar-refractivity contribution is -0.122. The SMILES string of the molecule is CCCOc1c(I)cc(/C=C2\SC(=O)N(CC(=O)c3ccccc3)C2=O)cc1OCC. The molecule has 1 saturated heterocycles. The zero-order valence-corrected chi connectivity index (χ0v) is 20.2. The zero-order valence-electron chi connectivity index (χ0n) is 17.2. The molecule has 1 aliphatic heterocycles. The van der Waals surface area contributed by atoms with Crippen LogP contribution in [0, 0.1) is 3.57 Å². The summed E-state index contributed by atoms with van der Waals surface area (Å²) in [4.78, 5) is 38.9. The van der Waals surface area contributed by atoms with E-state index in [4.69, 9.17) is 9.47 Å². The Morgan fingerprint density at radius 2 is 1.87 bits per heavy atom. The van der Waals surface area contributed by atoms with Crippen LogP contribution in [0.2, 0.25) is 0 Å². The summed E-state index contributed by atoms with van der Waals surface area (Å²) in [5.41, 5.74) is 1.18. The van der Waals surface area contributed by atoms with Crippen LogP contribution in [0.1, 0.15) is 36.2 Å². The molecule has 31 heavy (non-hydrogen) atoms. The maximum atomic E-state index is 12.8. The number of amides is 2. The van der Waals surface area contributed by atoms with Crippen LogP contribution < -0.4 is 9.47 Å². The second kappa shape index (κ2) is 10.8. The molecule has 2 amide bonds. The minimum atomic E-state index is -0.474. The summed E-state index contributed by atoms with van der Waals surface area (Å²) < 4.78 is 12.4. The first-order valence-corrected chi connectivity index (χ1v) is 11.8. The van der Waals surface area contributed by atoms with Gasteiger partial charge in [0, 0.05) is 5.56 Å². The molecule has 0 bridgehead atoms. The maximum absolute atomic E-state index is 12.8. The first-order valence-electron chi connectivity index (χ1n) is 9.87.